The molecule has 1 unspecified atom stereocenters. The molecule has 0 spiro atoms. The fourth-order valence-corrected chi connectivity index (χ4v) is 4.70. The maximum atomic E-state index is 5.74. The summed E-state index contributed by atoms with van der Waals surface area (Å²) in [6.07, 6.45) is 3.55. The first-order valence-electron chi connectivity index (χ1n) is 6.65. The molecule has 0 amide bonds. The number of fused-ring (bicyclic) bond motifs is 1. The summed E-state index contributed by atoms with van der Waals surface area (Å²) in [6.45, 7) is 6.87. The summed E-state index contributed by atoms with van der Waals surface area (Å²) >= 11 is 4.01. The highest BCUT2D eigenvalue weighted by Gasteiger charge is 2.20. The molecule has 1 aromatic heterocycles. The molecular weight excluding hydrogens is 260 g/mol. The normalized spacial score (nSPS) is 17.6. The topological polar surface area (TPSA) is 38.0 Å². The maximum absolute atomic E-state index is 5.74. The van der Waals surface area contributed by atoms with E-state index in [0.29, 0.717) is 11.5 Å². The summed E-state index contributed by atoms with van der Waals surface area (Å²) in [7, 11) is 0. The Bertz CT molecular complexity index is 369. The van der Waals surface area contributed by atoms with Gasteiger partial charge in [-0.3, -0.25) is 11.3 Å². The first kappa shape index (κ1) is 14.4. The van der Waals surface area contributed by atoms with Crippen molar-refractivity contribution in [3.8, 4) is 0 Å². The van der Waals surface area contributed by atoms with E-state index < -0.39 is 0 Å². The number of rotatable bonds is 4. The number of nitrogens with two attached hydrogens (primary N) is 1. The summed E-state index contributed by atoms with van der Waals surface area (Å²) in [5.41, 5.74) is 4.92. The standard InChI is InChI=1S/C14H24N2S2/c1-14(2,3)6-4-11(16-15)13-8-10-9-17-7-5-12(10)18-13/h8,11,16H,4-7,9,15H2,1-3H3. The molecule has 0 saturated heterocycles. The van der Waals surface area contributed by atoms with E-state index in [2.05, 4.69) is 32.3 Å². The number of aryl methyl sites for hydroxylation is 1. The van der Waals surface area contributed by atoms with Crippen LogP contribution in [0.4, 0.5) is 0 Å². The SMILES string of the molecule is CC(C)(C)CCC(NN)c1cc2c(s1)CCSC2. The Morgan fingerprint density at radius 2 is 2.22 bits per heavy atom. The van der Waals surface area contributed by atoms with Gasteiger partial charge in [0, 0.05) is 15.5 Å². The van der Waals surface area contributed by atoms with Gasteiger partial charge >= 0.3 is 0 Å². The average molecular weight is 284 g/mol. The van der Waals surface area contributed by atoms with Crippen LogP contribution in [0.15, 0.2) is 6.07 Å². The third-order valence-corrected chi connectivity index (χ3v) is 5.73. The van der Waals surface area contributed by atoms with Crippen molar-refractivity contribution in [2.24, 2.45) is 11.3 Å². The van der Waals surface area contributed by atoms with Crippen LogP contribution in [-0.4, -0.2) is 5.75 Å². The van der Waals surface area contributed by atoms with Crippen LogP contribution in [-0.2, 0) is 12.2 Å². The molecule has 0 bridgehead atoms. The molecule has 0 fully saturated rings. The molecule has 2 heterocycles. The van der Waals surface area contributed by atoms with E-state index >= 15 is 0 Å². The largest absolute Gasteiger partial charge is 0.271 e. The Balaban J connectivity index is 2.05. The number of hydrogen-bond donors (Lipinski definition) is 2. The minimum atomic E-state index is 0.324. The highest BCUT2D eigenvalue weighted by Crippen LogP contribution is 2.36. The van der Waals surface area contributed by atoms with Crippen molar-refractivity contribution in [1.82, 2.24) is 5.43 Å². The van der Waals surface area contributed by atoms with Crippen LogP contribution >= 0.6 is 23.1 Å². The van der Waals surface area contributed by atoms with E-state index in [4.69, 9.17) is 5.84 Å². The lowest BCUT2D eigenvalue weighted by Crippen LogP contribution is -2.28. The Kier molecular flexibility index (Phi) is 4.75. The van der Waals surface area contributed by atoms with E-state index in [1.165, 1.54) is 29.2 Å². The molecule has 3 N–H and O–H groups in total. The van der Waals surface area contributed by atoms with E-state index in [1.807, 2.05) is 23.1 Å². The lowest BCUT2D eigenvalue weighted by atomic mass is 9.88. The van der Waals surface area contributed by atoms with Crippen molar-refractivity contribution in [1.29, 1.82) is 0 Å². The molecule has 1 aliphatic heterocycles. The number of hydrazine groups is 1. The predicted octanol–water partition coefficient (Wildman–Crippen LogP) is 3.87. The molecule has 2 rings (SSSR count). The second kappa shape index (κ2) is 5.95. The van der Waals surface area contributed by atoms with E-state index in [-0.39, 0.29) is 0 Å². The van der Waals surface area contributed by atoms with Gasteiger partial charge in [0.15, 0.2) is 0 Å². The van der Waals surface area contributed by atoms with Crippen molar-refractivity contribution in [2.75, 3.05) is 5.75 Å². The van der Waals surface area contributed by atoms with E-state index in [1.54, 1.807) is 10.4 Å². The van der Waals surface area contributed by atoms with Crippen LogP contribution in [0.5, 0.6) is 0 Å². The first-order valence-corrected chi connectivity index (χ1v) is 8.62. The second-order valence-corrected chi connectivity index (χ2v) is 8.49. The summed E-state index contributed by atoms with van der Waals surface area (Å²) in [5.74, 6) is 8.20. The Labute approximate surface area is 119 Å². The van der Waals surface area contributed by atoms with Gasteiger partial charge in [-0.1, -0.05) is 20.8 Å². The molecule has 2 nitrogen and oxygen atoms in total. The van der Waals surface area contributed by atoms with Gasteiger partial charge in [-0.15, -0.1) is 11.3 Å². The van der Waals surface area contributed by atoms with Crippen LogP contribution in [0.3, 0.4) is 0 Å². The van der Waals surface area contributed by atoms with Gasteiger partial charge in [0.25, 0.3) is 0 Å². The van der Waals surface area contributed by atoms with E-state index in [0.717, 1.165) is 6.42 Å². The Morgan fingerprint density at radius 3 is 2.83 bits per heavy atom. The Hall–Kier alpha value is -0.0300. The summed E-state index contributed by atoms with van der Waals surface area (Å²) in [5, 5.41) is 0. The molecule has 102 valence electrons. The van der Waals surface area contributed by atoms with Crippen LogP contribution < -0.4 is 11.3 Å². The number of thioether (sulfide) groups is 1. The van der Waals surface area contributed by atoms with Crippen LogP contribution in [0.25, 0.3) is 0 Å². The monoisotopic (exact) mass is 284 g/mol. The summed E-state index contributed by atoms with van der Waals surface area (Å²) < 4.78 is 0. The minimum absolute atomic E-state index is 0.324. The smallest absolute Gasteiger partial charge is 0.0553 e. The first-order chi connectivity index (χ1) is 8.49. The van der Waals surface area contributed by atoms with Gasteiger partial charge < -0.3 is 0 Å². The zero-order chi connectivity index (χ0) is 13.2. The molecule has 0 aliphatic carbocycles. The fraction of sp³-hybridized carbons (Fsp3) is 0.714. The number of hydrogen-bond acceptors (Lipinski definition) is 4. The molecule has 0 radical (unpaired) electrons. The highest BCUT2D eigenvalue weighted by molar-refractivity contribution is 7.98. The average Bonchev–Trinajstić information content (AvgIpc) is 2.71. The van der Waals surface area contributed by atoms with Crippen molar-refractivity contribution in [3.05, 3.63) is 21.4 Å². The van der Waals surface area contributed by atoms with Gasteiger partial charge in [-0.25, -0.2) is 0 Å². The van der Waals surface area contributed by atoms with Crippen molar-refractivity contribution >= 4 is 23.1 Å². The molecule has 1 atom stereocenters. The third kappa shape index (κ3) is 3.73. The van der Waals surface area contributed by atoms with Crippen molar-refractivity contribution in [2.45, 2.75) is 51.8 Å². The summed E-state index contributed by atoms with van der Waals surface area (Å²) in [6, 6.07) is 2.70. The summed E-state index contributed by atoms with van der Waals surface area (Å²) in [4.78, 5) is 3.01. The molecular formula is C14H24N2S2. The highest BCUT2D eigenvalue weighted by atomic mass is 32.2. The molecule has 18 heavy (non-hydrogen) atoms. The number of thiophene rings is 1. The molecule has 4 heteroatoms. The lowest BCUT2D eigenvalue weighted by molar-refractivity contribution is 0.335. The second-order valence-electron chi connectivity index (χ2n) is 6.22. The van der Waals surface area contributed by atoms with Crippen molar-refractivity contribution < 1.29 is 0 Å². The molecule has 1 aliphatic rings. The van der Waals surface area contributed by atoms with Crippen LogP contribution in [0, 0.1) is 5.41 Å². The predicted molar refractivity (Wildman–Crippen MR) is 82.9 cm³/mol. The van der Waals surface area contributed by atoms with Crippen molar-refractivity contribution in [3.63, 3.8) is 0 Å². The van der Waals surface area contributed by atoms with Gasteiger partial charge in [0.05, 0.1) is 6.04 Å². The maximum Gasteiger partial charge on any atom is 0.0553 e. The van der Waals surface area contributed by atoms with Gasteiger partial charge in [0.2, 0.25) is 0 Å². The van der Waals surface area contributed by atoms with Gasteiger partial charge in [-0.2, -0.15) is 11.8 Å². The molecule has 1 aromatic rings. The lowest BCUT2D eigenvalue weighted by Gasteiger charge is -2.22. The van der Waals surface area contributed by atoms with Gasteiger partial charge in [-0.05, 0) is 42.1 Å². The van der Waals surface area contributed by atoms with Crippen LogP contribution in [0.1, 0.15) is 55.0 Å². The van der Waals surface area contributed by atoms with E-state index in [9.17, 15) is 0 Å². The zero-order valence-electron chi connectivity index (χ0n) is 11.6. The third-order valence-electron chi connectivity index (χ3n) is 3.37. The quantitative estimate of drug-likeness (QED) is 0.651. The minimum Gasteiger partial charge on any atom is -0.271 e. The molecule has 0 aromatic carbocycles. The van der Waals surface area contributed by atoms with Crippen LogP contribution in [0.2, 0.25) is 0 Å². The zero-order valence-corrected chi connectivity index (χ0v) is 13.2. The molecule has 0 saturated carbocycles. The fourth-order valence-electron chi connectivity index (χ4n) is 2.23. The Morgan fingerprint density at radius 1 is 1.44 bits per heavy atom. The van der Waals surface area contributed by atoms with Gasteiger partial charge in [0.1, 0.15) is 0 Å². The number of nitrogens with one attached hydrogen (secondary N) is 1.